The van der Waals surface area contributed by atoms with Crippen LogP contribution in [0.4, 0.5) is 0 Å². The lowest BCUT2D eigenvalue weighted by Gasteiger charge is -2.34. The number of fused-ring (bicyclic) bond motifs is 1. The molecule has 0 saturated carbocycles. The molecule has 0 saturated heterocycles. The van der Waals surface area contributed by atoms with Gasteiger partial charge in [-0.2, -0.15) is 0 Å². The van der Waals surface area contributed by atoms with Crippen LogP contribution < -0.4 is 23.7 Å². The summed E-state index contributed by atoms with van der Waals surface area (Å²) in [6.07, 6.45) is 82.0. The summed E-state index contributed by atoms with van der Waals surface area (Å²) in [6.45, 7) is 8.90. The van der Waals surface area contributed by atoms with Crippen LogP contribution in [0.25, 0.3) is 0 Å². The minimum atomic E-state index is -0.874. The zero-order valence-electron chi connectivity index (χ0n) is 62.8. The van der Waals surface area contributed by atoms with Crippen molar-refractivity contribution < 1.29 is 47.6 Å². The highest BCUT2D eigenvalue weighted by atomic mass is 16.6. The fourth-order valence-corrected chi connectivity index (χ4v) is 12.3. The molecule has 0 radical (unpaired) electrons. The summed E-state index contributed by atoms with van der Waals surface area (Å²) in [5.41, 5.74) is 1.14. The van der Waals surface area contributed by atoms with Gasteiger partial charge in [0.25, 0.3) is 0 Å². The Labute approximate surface area is 598 Å². The van der Waals surface area contributed by atoms with Crippen LogP contribution in [0.1, 0.15) is 366 Å². The van der Waals surface area contributed by atoms with Crippen molar-refractivity contribution in [1.29, 1.82) is 0 Å². The normalized spacial score (nSPS) is 14.1. The molecule has 550 valence electrons. The standard InChI is InChI=1S/C88H138O10/c1-6-10-14-18-22-26-30-34-38-42-46-50-54-58-62-66-84(89)94-77-73-80(95-85(90)67-63-59-55-51-47-43-39-35-31-27-23-19-15-11-7-2)78-75-83(97-87(92)69-65-61-57-53-49-45-41-37-33-29-25-21-17-13-9-4)88(98-81(78)74-77)76-70-71-79(93-5)82(72-76)96-86(91)68-64-60-56-52-48-44-40-36-32-28-24-20-16-12-8-3/h11,15,23-24,27-28,34-41,70-74,83,88H,6-10,12-14,16-22,25-26,29-33,42-69,75H2,1-5H3/b15-11-,27-23-,28-24-,38-34-,39-35-,40-36-,41-37-. The molecule has 0 aliphatic carbocycles. The van der Waals surface area contributed by atoms with E-state index < -0.39 is 18.2 Å². The van der Waals surface area contributed by atoms with Crippen molar-refractivity contribution in [2.45, 2.75) is 367 Å². The molecule has 0 aromatic heterocycles. The summed E-state index contributed by atoms with van der Waals surface area (Å²) in [6, 6.07) is 8.59. The molecule has 0 amide bonds. The maximum atomic E-state index is 14.0. The van der Waals surface area contributed by atoms with Crippen LogP contribution in [0.3, 0.4) is 0 Å². The molecular weight excluding hydrogens is 1220 g/mol. The van der Waals surface area contributed by atoms with Gasteiger partial charge in [0, 0.05) is 55.4 Å². The van der Waals surface area contributed by atoms with E-state index in [2.05, 4.69) is 113 Å². The monoisotopic (exact) mass is 1360 g/mol. The number of rotatable bonds is 63. The van der Waals surface area contributed by atoms with Crippen molar-refractivity contribution in [1.82, 2.24) is 0 Å². The third-order valence-corrected chi connectivity index (χ3v) is 18.3. The van der Waals surface area contributed by atoms with Crippen LogP contribution >= 0.6 is 0 Å². The van der Waals surface area contributed by atoms with E-state index in [1.165, 1.54) is 116 Å². The van der Waals surface area contributed by atoms with Crippen LogP contribution in [0.5, 0.6) is 28.7 Å². The molecule has 0 spiro atoms. The van der Waals surface area contributed by atoms with Gasteiger partial charge < -0.3 is 28.4 Å². The van der Waals surface area contributed by atoms with Gasteiger partial charge in [0.2, 0.25) is 0 Å². The van der Waals surface area contributed by atoms with Gasteiger partial charge >= 0.3 is 23.9 Å². The van der Waals surface area contributed by atoms with Crippen LogP contribution in [-0.4, -0.2) is 37.1 Å². The highest BCUT2D eigenvalue weighted by Gasteiger charge is 2.38. The molecule has 0 N–H and O–H groups in total. The van der Waals surface area contributed by atoms with Crippen LogP contribution in [0.2, 0.25) is 0 Å². The van der Waals surface area contributed by atoms with Crippen molar-refractivity contribution in [3.63, 3.8) is 0 Å². The van der Waals surface area contributed by atoms with Gasteiger partial charge in [0.05, 0.1) is 7.11 Å². The second-order valence-electron chi connectivity index (χ2n) is 27.3. The van der Waals surface area contributed by atoms with E-state index in [9.17, 15) is 19.2 Å². The first-order chi connectivity index (χ1) is 48.2. The summed E-state index contributed by atoms with van der Waals surface area (Å²) in [5.74, 6) is -0.0933. The summed E-state index contributed by atoms with van der Waals surface area (Å²) in [5, 5.41) is 0. The van der Waals surface area contributed by atoms with Gasteiger partial charge in [-0.25, -0.2) is 0 Å². The number of hydrogen-bond donors (Lipinski definition) is 0. The molecule has 1 aliphatic rings. The lowest BCUT2D eigenvalue weighted by molar-refractivity contribution is -0.155. The Hall–Kier alpha value is -5.90. The number of ether oxygens (including phenoxy) is 6. The number of esters is 4. The van der Waals surface area contributed by atoms with Crippen molar-refractivity contribution >= 4 is 23.9 Å². The molecule has 98 heavy (non-hydrogen) atoms. The Morgan fingerprint density at radius 3 is 1.14 bits per heavy atom. The highest BCUT2D eigenvalue weighted by Crippen LogP contribution is 2.45. The molecule has 2 unspecified atom stereocenters. The third-order valence-electron chi connectivity index (χ3n) is 18.3. The van der Waals surface area contributed by atoms with E-state index >= 15 is 0 Å². The average molecular weight is 1360 g/mol. The summed E-state index contributed by atoms with van der Waals surface area (Å²) < 4.78 is 37.4. The molecule has 0 bridgehead atoms. The number of carbonyl (C=O) groups excluding carboxylic acids is 4. The zero-order valence-corrected chi connectivity index (χ0v) is 62.8. The van der Waals surface area contributed by atoms with E-state index in [0.717, 1.165) is 161 Å². The predicted octanol–water partition coefficient (Wildman–Crippen LogP) is 26.5. The van der Waals surface area contributed by atoms with E-state index in [-0.39, 0.29) is 67.3 Å². The molecular formula is C88H138O10. The van der Waals surface area contributed by atoms with E-state index in [4.69, 9.17) is 28.4 Å². The summed E-state index contributed by atoms with van der Waals surface area (Å²) >= 11 is 0. The number of benzene rings is 2. The Kier molecular flexibility index (Phi) is 54.7. The van der Waals surface area contributed by atoms with Crippen molar-refractivity contribution in [3.8, 4) is 28.7 Å². The largest absolute Gasteiger partial charge is 0.493 e. The minimum absolute atomic E-state index is 0.152. The Bertz CT molecular complexity index is 2560. The Morgan fingerprint density at radius 2 is 0.714 bits per heavy atom. The maximum absolute atomic E-state index is 14.0. The molecule has 0 fully saturated rings. The molecule has 10 heteroatoms. The molecule has 2 aromatic rings. The minimum Gasteiger partial charge on any atom is -0.493 e. The number of unbranched alkanes of at least 4 members (excludes halogenated alkanes) is 35. The second-order valence-corrected chi connectivity index (χ2v) is 27.3. The third kappa shape index (κ3) is 45.7. The molecule has 1 aliphatic heterocycles. The Balaban J connectivity index is 1.76. The van der Waals surface area contributed by atoms with Gasteiger partial charge in [-0.05, 0) is 153 Å². The fraction of sp³-hybridized carbons (Fsp3) is 0.659. The molecule has 2 aromatic carbocycles. The van der Waals surface area contributed by atoms with Crippen LogP contribution in [0.15, 0.2) is 115 Å². The first-order valence-electron chi connectivity index (χ1n) is 40.1. The van der Waals surface area contributed by atoms with Crippen LogP contribution in [-0.2, 0) is 30.3 Å². The van der Waals surface area contributed by atoms with Crippen molar-refractivity contribution in [2.75, 3.05) is 7.11 Å². The molecule has 3 rings (SSSR count). The molecule has 2 atom stereocenters. The van der Waals surface area contributed by atoms with E-state index in [1.54, 1.807) is 24.3 Å². The SMILES string of the molecule is CC/C=C\C/C=C\C/C=C\CCCCCCCC(=O)Oc1cc(OC(=O)CCCCCCC/C=C\CCCCCCCC)cc2c1CC(OC(=O)CCCCCCC/C=C\CCCCCCCC)C(c1ccc(OC)c(OC(=O)CCCCCCC/C=C\C/C=C\CCCCC)c1)O2. The number of allylic oxidation sites excluding steroid dienone is 14. The van der Waals surface area contributed by atoms with Crippen molar-refractivity contribution in [2.24, 2.45) is 0 Å². The van der Waals surface area contributed by atoms with Crippen LogP contribution in [0, 0.1) is 0 Å². The molecule has 1 heterocycles. The second kappa shape index (κ2) is 62.1. The first kappa shape index (κ1) is 86.3. The van der Waals surface area contributed by atoms with E-state index in [1.807, 2.05) is 6.07 Å². The predicted molar refractivity (Wildman–Crippen MR) is 411 cm³/mol. The van der Waals surface area contributed by atoms with Gasteiger partial charge in [-0.15, -0.1) is 0 Å². The zero-order chi connectivity index (χ0) is 70.2. The molecule has 10 nitrogen and oxygen atoms in total. The summed E-state index contributed by atoms with van der Waals surface area (Å²) in [4.78, 5) is 55.0. The van der Waals surface area contributed by atoms with Gasteiger partial charge in [0.15, 0.2) is 17.6 Å². The first-order valence-corrected chi connectivity index (χ1v) is 40.1. The van der Waals surface area contributed by atoms with Gasteiger partial charge in [0.1, 0.15) is 23.4 Å². The number of methoxy groups -OCH3 is 1. The number of carbonyl (C=O) groups is 4. The summed E-state index contributed by atoms with van der Waals surface area (Å²) in [7, 11) is 1.54. The average Bonchev–Trinajstić information content (AvgIpc) is 0.772. The smallest absolute Gasteiger partial charge is 0.311 e. The highest BCUT2D eigenvalue weighted by molar-refractivity contribution is 5.76. The number of hydrogen-bond acceptors (Lipinski definition) is 10. The Morgan fingerprint density at radius 1 is 0.367 bits per heavy atom. The maximum Gasteiger partial charge on any atom is 0.311 e. The lowest BCUT2D eigenvalue weighted by Crippen LogP contribution is -2.35. The van der Waals surface area contributed by atoms with Gasteiger partial charge in [-0.3, -0.25) is 19.2 Å². The fourth-order valence-electron chi connectivity index (χ4n) is 12.3. The van der Waals surface area contributed by atoms with E-state index in [0.29, 0.717) is 48.3 Å². The quantitative estimate of drug-likeness (QED) is 0.0274. The lowest BCUT2D eigenvalue weighted by atomic mass is 9.93. The van der Waals surface area contributed by atoms with Crippen molar-refractivity contribution in [3.05, 3.63) is 127 Å². The topological polar surface area (TPSA) is 124 Å². The van der Waals surface area contributed by atoms with Gasteiger partial charge in [-0.1, -0.05) is 273 Å².